The van der Waals surface area contributed by atoms with E-state index in [0.717, 1.165) is 28.4 Å². The molecule has 6 heteroatoms. The number of amides is 1. The smallest absolute Gasteiger partial charge is 0.246 e. The van der Waals surface area contributed by atoms with Gasteiger partial charge in [-0.3, -0.25) is 9.48 Å². The summed E-state index contributed by atoms with van der Waals surface area (Å²) >= 11 is 0. The Kier molecular flexibility index (Phi) is 4.16. The van der Waals surface area contributed by atoms with Gasteiger partial charge in [-0.05, 0) is 44.5 Å². The number of carbonyl (C=O) groups excluding carboxylic acids is 1. The second-order valence-electron chi connectivity index (χ2n) is 4.97. The van der Waals surface area contributed by atoms with Crippen LogP contribution < -0.4 is 15.8 Å². The topological polar surface area (TPSA) is 82.2 Å². The van der Waals surface area contributed by atoms with Crippen molar-refractivity contribution in [2.24, 2.45) is 0 Å². The van der Waals surface area contributed by atoms with Crippen LogP contribution in [0.15, 0.2) is 18.2 Å². The number of nitrogen functional groups attached to an aromatic ring is 1. The summed E-state index contributed by atoms with van der Waals surface area (Å²) in [4.78, 5) is 12.1. The predicted octanol–water partition coefficient (Wildman–Crippen LogP) is 2.04. The van der Waals surface area contributed by atoms with Crippen LogP contribution in [-0.4, -0.2) is 22.8 Å². The molecule has 0 bridgehead atoms. The average Bonchev–Trinajstić information content (AvgIpc) is 2.66. The molecule has 2 rings (SSSR count). The highest BCUT2D eigenvalue weighted by molar-refractivity contribution is 5.90. The normalized spacial score (nSPS) is 10.5. The molecule has 112 valence electrons. The van der Waals surface area contributed by atoms with Crippen LogP contribution in [0, 0.1) is 20.8 Å². The zero-order valence-electron chi connectivity index (χ0n) is 12.7. The summed E-state index contributed by atoms with van der Waals surface area (Å²) in [7, 11) is 1.62. The Bertz CT molecular complexity index is 677. The van der Waals surface area contributed by atoms with Crippen LogP contribution in [-0.2, 0) is 11.3 Å². The van der Waals surface area contributed by atoms with Crippen molar-refractivity contribution in [1.82, 2.24) is 9.78 Å². The lowest BCUT2D eigenvalue weighted by atomic mass is 10.2. The molecule has 0 saturated carbocycles. The molecule has 0 unspecified atom stereocenters. The van der Waals surface area contributed by atoms with Crippen molar-refractivity contribution in [2.75, 3.05) is 18.2 Å². The average molecular weight is 288 g/mol. The van der Waals surface area contributed by atoms with E-state index >= 15 is 0 Å². The number of hydrogen-bond donors (Lipinski definition) is 2. The number of aryl methyl sites for hydroxylation is 2. The quantitative estimate of drug-likeness (QED) is 0.902. The van der Waals surface area contributed by atoms with E-state index in [-0.39, 0.29) is 12.5 Å². The lowest BCUT2D eigenvalue weighted by Gasteiger charge is -2.09. The molecule has 1 amide bonds. The minimum absolute atomic E-state index is 0.134. The van der Waals surface area contributed by atoms with Crippen LogP contribution in [0.4, 0.5) is 11.4 Å². The first-order chi connectivity index (χ1) is 9.92. The molecule has 1 heterocycles. The highest BCUT2D eigenvalue weighted by Gasteiger charge is 2.12. The Morgan fingerprint density at radius 3 is 2.62 bits per heavy atom. The number of methoxy groups -OCH3 is 1. The molecule has 0 atom stereocenters. The van der Waals surface area contributed by atoms with Crippen LogP contribution in [0.5, 0.6) is 5.75 Å². The van der Waals surface area contributed by atoms with Gasteiger partial charge in [0.15, 0.2) is 0 Å². The molecular formula is C15H20N4O2. The van der Waals surface area contributed by atoms with Crippen molar-refractivity contribution in [2.45, 2.75) is 27.3 Å². The first-order valence-electron chi connectivity index (χ1n) is 6.66. The van der Waals surface area contributed by atoms with E-state index in [1.165, 1.54) is 0 Å². The van der Waals surface area contributed by atoms with Gasteiger partial charge >= 0.3 is 0 Å². The van der Waals surface area contributed by atoms with Crippen molar-refractivity contribution in [1.29, 1.82) is 0 Å². The maximum Gasteiger partial charge on any atom is 0.246 e. The zero-order valence-corrected chi connectivity index (χ0v) is 12.7. The first kappa shape index (κ1) is 14.9. The second-order valence-corrected chi connectivity index (χ2v) is 4.97. The van der Waals surface area contributed by atoms with E-state index in [4.69, 9.17) is 10.5 Å². The van der Waals surface area contributed by atoms with E-state index in [2.05, 4.69) is 10.4 Å². The van der Waals surface area contributed by atoms with Gasteiger partial charge in [0, 0.05) is 5.69 Å². The van der Waals surface area contributed by atoms with Gasteiger partial charge in [-0.15, -0.1) is 0 Å². The van der Waals surface area contributed by atoms with Gasteiger partial charge in [0.2, 0.25) is 5.91 Å². The molecule has 0 saturated heterocycles. The minimum atomic E-state index is -0.148. The van der Waals surface area contributed by atoms with E-state index in [1.807, 2.05) is 32.9 Å². The lowest BCUT2D eigenvalue weighted by Crippen LogP contribution is -2.20. The Labute approximate surface area is 123 Å². The third-order valence-electron chi connectivity index (χ3n) is 3.41. The van der Waals surface area contributed by atoms with Crippen LogP contribution in [0.3, 0.4) is 0 Å². The Balaban J connectivity index is 2.08. The van der Waals surface area contributed by atoms with Gasteiger partial charge in [-0.1, -0.05) is 0 Å². The van der Waals surface area contributed by atoms with Crippen molar-refractivity contribution >= 4 is 17.3 Å². The fourth-order valence-corrected chi connectivity index (χ4v) is 2.16. The van der Waals surface area contributed by atoms with E-state index in [9.17, 15) is 4.79 Å². The zero-order chi connectivity index (χ0) is 15.6. The van der Waals surface area contributed by atoms with Gasteiger partial charge in [-0.25, -0.2) is 0 Å². The van der Waals surface area contributed by atoms with Crippen molar-refractivity contribution in [3.05, 3.63) is 35.2 Å². The monoisotopic (exact) mass is 288 g/mol. The van der Waals surface area contributed by atoms with Crippen LogP contribution >= 0.6 is 0 Å². The van der Waals surface area contributed by atoms with Crippen molar-refractivity contribution in [3.8, 4) is 5.75 Å². The molecule has 0 aliphatic carbocycles. The molecule has 0 spiro atoms. The molecule has 21 heavy (non-hydrogen) atoms. The fraction of sp³-hybridized carbons (Fsp3) is 0.333. The number of benzene rings is 1. The van der Waals surface area contributed by atoms with Gasteiger partial charge in [0.1, 0.15) is 12.3 Å². The number of carbonyl (C=O) groups is 1. The Hall–Kier alpha value is -2.50. The molecule has 0 radical (unpaired) electrons. The van der Waals surface area contributed by atoms with Gasteiger partial charge in [0.05, 0.1) is 24.2 Å². The number of nitrogens with zero attached hydrogens (tertiary/aromatic N) is 2. The molecule has 0 aliphatic heterocycles. The van der Waals surface area contributed by atoms with E-state index in [0.29, 0.717) is 5.69 Å². The minimum Gasteiger partial charge on any atom is -0.496 e. The van der Waals surface area contributed by atoms with E-state index < -0.39 is 0 Å². The number of nitrogens with one attached hydrogen (secondary N) is 1. The number of anilines is 2. The third kappa shape index (κ3) is 3.16. The Morgan fingerprint density at radius 1 is 1.38 bits per heavy atom. The molecule has 0 aliphatic rings. The molecule has 0 fully saturated rings. The highest BCUT2D eigenvalue weighted by Crippen LogP contribution is 2.21. The maximum absolute atomic E-state index is 12.1. The SMILES string of the molecule is COc1ccc(NC(=O)Cn2nc(C)c(N)c2C)cc1C. The largest absolute Gasteiger partial charge is 0.496 e. The van der Waals surface area contributed by atoms with Gasteiger partial charge in [0.25, 0.3) is 0 Å². The van der Waals surface area contributed by atoms with Crippen LogP contribution in [0.1, 0.15) is 17.0 Å². The standard InChI is InChI=1S/C15H20N4O2/c1-9-7-12(5-6-13(9)21-4)17-14(20)8-19-11(3)15(16)10(2)18-19/h5-7H,8,16H2,1-4H3,(H,17,20). The summed E-state index contributed by atoms with van der Waals surface area (Å²) in [5.41, 5.74) is 9.71. The number of rotatable bonds is 4. The fourth-order valence-electron chi connectivity index (χ4n) is 2.16. The van der Waals surface area contributed by atoms with Crippen molar-refractivity contribution < 1.29 is 9.53 Å². The third-order valence-corrected chi connectivity index (χ3v) is 3.41. The van der Waals surface area contributed by atoms with Crippen LogP contribution in [0.25, 0.3) is 0 Å². The summed E-state index contributed by atoms with van der Waals surface area (Å²) in [5.74, 6) is 0.643. The summed E-state index contributed by atoms with van der Waals surface area (Å²) < 4.78 is 6.80. The second kappa shape index (κ2) is 5.87. The summed E-state index contributed by atoms with van der Waals surface area (Å²) in [5, 5.41) is 7.09. The van der Waals surface area contributed by atoms with Crippen molar-refractivity contribution in [3.63, 3.8) is 0 Å². The Morgan fingerprint density at radius 2 is 2.10 bits per heavy atom. The van der Waals surface area contributed by atoms with Gasteiger partial charge < -0.3 is 15.8 Å². The first-order valence-corrected chi connectivity index (χ1v) is 6.66. The summed E-state index contributed by atoms with van der Waals surface area (Å²) in [6.45, 7) is 5.73. The highest BCUT2D eigenvalue weighted by atomic mass is 16.5. The summed E-state index contributed by atoms with van der Waals surface area (Å²) in [6, 6.07) is 5.50. The number of hydrogen-bond acceptors (Lipinski definition) is 4. The molecule has 2 aromatic rings. The molecule has 3 N–H and O–H groups in total. The predicted molar refractivity (Wildman–Crippen MR) is 82.5 cm³/mol. The molecular weight excluding hydrogens is 268 g/mol. The lowest BCUT2D eigenvalue weighted by molar-refractivity contribution is -0.116. The number of aromatic nitrogens is 2. The van der Waals surface area contributed by atoms with Gasteiger partial charge in [-0.2, -0.15) is 5.10 Å². The van der Waals surface area contributed by atoms with E-state index in [1.54, 1.807) is 17.9 Å². The number of ether oxygens (including phenoxy) is 1. The molecule has 6 nitrogen and oxygen atoms in total. The number of nitrogens with two attached hydrogens (primary N) is 1. The molecule has 1 aromatic heterocycles. The molecule has 1 aromatic carbocycles. The van der Waals surface area contributed by atoms with Crippen LogP contribution in [0.2, 0.25) is 0 Å². The summed E-state index contributed by atoms with van der Waals surface area (Å²) in [6.07, 6.45) is 0. The maximum atomic E-state index is 12.1.